The van der Waals surface area contributed by atoms with E-state index >= 15 is 0 Å². The Morgan fingerprint density at radius 2 is 2.12 bits per heavy atom. The molecule has 0 radical (unpaired) electrons. The van der Waals surface area contributed by atoms with Crippen molar-refractivity contribution in [1.82, 2.24) is 0 Å². The standard InChI is InChI=1S/C9H6ClF3N2O2/c10-6-2-1-5(3-7(6)16)15-14-4-8(17)9(11,12)13/h1-4,15-16H/b14-4+. The molecule has 1 rings (SSSR count). The first-order valence-electron chi connectivity index (χ1n) is 4.19. The second-order valence-corrected chi connectivity index (χ2v) is 3.31. The zero-order valence-electron chi connectivity index (χ0n) is 8.12. The summed E-state index contributed by atoms with van der Waals surface area (Å²) in [5, 5.41) is 12.3. The smallest absolute Gasteiger partial charge is 0.455 e. The van der Waals surface area contributed by atoms with Gasteiger partial charge in [-0.3, -0.25) is 10.2 Å². The molecule has 0 saturated carbocycles. The summed E-state index contributed by atoms with van der Waals surface area (Å²) >= 11 is 5.51. The lowest BCUT2D eigenvalue weighted by atomic mass is 10.3. The third-order valence-electron chi connectivity index (χ3n) is 1.60. The van der Waals surface area contributed by atoms with Crippen LogP contribution in [0.2, 0.25) is 5.02 Å². The van der Waals surface area contributed by atoms with Crippen molar-refractivity contribution in [1.29, 1.82) is 0 Å². The number of phenolic OH excluding ortho intramolecular Hbond substituents is 1. The van der Waals surface area contributed by atoms with Gasteiger partial charge in [-0.1, -0.05) is 11.6 Å². The summed E-state index contributed by atoms with van der Waals surface area (Å²) in [4.78, 5) is 10.4. The predicted octanol–water partition coefficient (Wildman–Crippen LogP) is 2.57. The summed E-state index contributed by atoms with van der Waals surface area (Å²) < 4.78 is 35.3. The number of phenols is 1. The SMILES string of the molecule is O=C(/C=N/Nc1ccc(Cl)c(O)c1)C(F)(F)F. The molecule has 0 amide bonds. The number of carbonyl (C=O) groups is 1. The normalized spacial score (nSPS) is 11.8. The predicted molar refractivity (Wildman–Crippen MR) is 56.3 cm³/mol. The molecule has 92 valence electrons. The van der Waals surface area contributed by atoms with E-state index in [1.165, 1.54) is 12.1 Å². The Labute approximate surface area is 98.7 Å². The summed E-state index contributed by atoms with van der Waals surface area (Å²) in [6.45, 7) is 0. The summed E-state index contributed by atoms with van der Waals surface area (Å²) in [7, 11) is 0. The molecule has 0 unspecified atom stereocenters. The highest BCUT2D eigenvalue weighted by Gasteiger charge is 2.36. The van der Waals surface area contributed by atoms with Crippen molar-refractivity contribution in [2.45, 2.75) is 6.18 Å². The number of hydrazone groups is 1. The average Bonchev–Trinajstić information content (AvgIpc) is 2.22. The van der Waals surface area contributed by atoms with Crippen molar-refractivity contribution < 1.29 is 23.1 Å². The number of rotatable bonds is 3. The van der Waals surface area contributed by atoms with Crippen molar-refractivity contribution in [3.05, 3.63) is 23.2 Å². The summed E-state index contributed by atoms with van der Waals surface area (Å²) in [5.41, 5.74) is 2.34. The number of carbonyl (C=O) groups excluding carboxylic acids is 1. The first kappa shape index (κ1) is 13.3. The maximum Gasteiger partial charge on any atom is 0.455 e. The number of hydrogen-bond acceptors (Lipinski definition) is 4. The molecule has 1 aromatic rings. The summed E-state index contributed by atoms with van der Waals surface area (Å²) in [5.74, 6) is -2.34. The molecule has 0 heterocycles. The minimum atomic E-state index is -4.95. The van der Waals surface area contributed by atoms with E-state index in [0.717, 1.165) is 6.07 Å². The Balaban J connectivity index is 2.65. The Kier molecular flexibility index (Phi) is 3.95. The van der Waals surface area contributed by atoms with Gasteiger partial charge in [0.05, 0.1) is 16.9 Å². The molecule has 0 bridgehead atoms. The fourth-order valence-corrected chi connectivity index (χ4v) is 0.938. The molecule has 8 heteroatoms. The third kappa shape index (κ3) is 3.95. The molecular weight excluding hydrogens is 261 g/mol. The van der Waals surface area contributed by atoms with Gasteiger partial charge in [0.15, 0.2) is 0 Å². The number of anilines is 1. The maximum absolute atomic E-state index is 11.8. The van der Waals surface area contributed by atoms with E-state index in [0.29, 0.717) is 0 Å². The monoisotopic (exact) mass is 266 g/mol. The highest BCUT2D eigenvalue weighted by atomic mass is 35.5. The molecule has 17 heavy (non-hydrogen) atoms. The fraction of sp³-hybridized carbons (Fsp3) is 0.111. The number of nitrogens with zero attached hydrogens (tertiary/aromatic N) is 1. The second kappa shape index (κ2) is 5.05. The van der Waals surface area contributed by atoms with E-state index in [1.54, 1.807) is 0 Å². The van der Waals surface area contributed by atoms with Gasteiger partial charge in [0.25, 0.3) is 5.78 Å². The molecule has 0 atom stereocenters. The van der Waals surface area contributed by atoms with Crippen molar-refractivity contribution in [3.8, 4) is 5.75 Å². The van der Waals surface area contributed by atoms with Crippen LogP contribution in [0.15, 0.2) is 23.3 Å². The Bertz CT molecular complexity index is 460. The molecule has 0 spiro atoms. The van der Waals surface area contributed by atoms with Crippen LogP contribution < -0.4 is 5.43 Å². The van der Waals surface area contributed by atoms with Gasteiger partial charge < -0.3 is 5.11 Å². The average molecular weight is 267 g/mol. The van der Waals surface area contributed by atoms with Gasteiger partial charge >= 0.3 is 6.18 Å². The first-order chi connectivity index (χ1) is 7.80. The number of halogens is 4. The van der Waals surface area contributed by atoms with Crippen molar-refractivity contribution in [2.75, 3.05) is 5.43 Å². The molecule has 0 saturated heterocycles. The Morgan fingerprint density at radius 1 is 1.47 bits per heavy atom. The minimum absolute atomic E-state index is 0.0888. The highest BCUT2D eigenvalue weighted by molar-refractivity contribution is 6.32. The van der Waals surface area contributed by atoms with Crippen LogP contribution in [-0.4, -0.2) is 23.3 Å². The number of aromatic hydroxyl groups is 1. The van der Waals surface area contributed by atoms with Crippen LogP contribution in [-0.2, 0) is 4.79 Å². The molecule has 0 aromatic heterocycles. The van der Waals surface area contributed by atoms with Crippen LogP contribution >= 0.6 is 11.6 Å². The lowest BCUT2D eigenvalue weighted by Crippen LogP contribution is -2.23. The third-order valence-corrected chi connectivity index (χ3v) is 1.92. The summed E-state index contributed by atoms with van der Waals surface area (Å²) in [6.07, 6.45) is -4.85. The lowest BCUT2D eigenvalue weighted by Gasteiger charge is -2.02. The van der Waals surface area contributed by atoms with E-state index in [-0.39, 0.29) is 22.7 Å². The number of Topliss-reactive ketones (excluding diaryl/α,β-unsaturated/α-hetero) is 1. The van der Waals surface area contributed by atoms with Gasteiger partial charge in [0.2, 0.25) is 0 Å². The maximum atomic E-state index is 11.8. The minimum Gasteiger partial charge on any atom is -0.506 e. The van der Waals surface area contributed by atoms with Crippen LogP contribution in [0.1, 0.15) is 0 Å². The molecular formula is C9H6ClF3N2O2. The van der Waals surface area contributed by atoms with Crippen molar-refractivity contribution >= 4 is 29.3 Å². The molecule has 0 aliphatic carbocycles. The number of alkyl halides is 3. The zero-order valence-corrected chi connectivity index (χ0v) is 8.88. The fourth-order valence-electron chi connectivity index (χ4n) is 0.821. The van der Waals surface area contributed by atoms with E-state index in [9.17, 15) is 18.0 Å². The van der Waals surface area contributed by atoms with Crippen LogP contribution in [0.25, 0.3) is 0 Å². The van der Waals surface area contributed by atoms with Gasteiger partial charge in [-0.25, -0.2) is 0 Å². The van der Waals surface area contributed by atoms with Crippen LogP contribution in [0, 0.1) is 0 Å². The quantitative estimate of drug-likeness (QED) is 0.653. The van der Waals surface area contributed by atoms with Crippen molar-refractivity contribution in [2.24, 2.45) is 5.10 Å². The van der Waals surface area contributed by atoms with Crippen LogP contribution in [0.4, 0.5) is 18.9 Å². The molecule has 2 N–H and O–H groups in total. The van der Waals surface area contributed by atoms with Crippen molar-refractivity contribution in [3.63, 3.8) is 0 Å². The summed E-state index contributed by atoms with van der Waals surface area (Å²) in [6, 6.07) is 3.84. The molecule has 0 fully saturated rings. The Hall–Kier alpha value is -1.76. The largest absolute Gasteiger partial charge is 0.506 e. The number of ketones is 1. The second-order valence-electron chi connectivity index (χ2n) is 2.90. The molecule has 0 aliphatic rings. The lowest BCUT2D eigenvalue weighted by molar-refractivity contribution is -0.162. The molecule has 4 nitrogen and oxygen atoms in total. The molecule has 1 aromatic carbocycles. The van der Waals surface area contributed by atoms with E-state index < -0.39 is 12.0 Å². The van der Waals surface area contributed by atoms with Crippen LogP contribution in [0.3, 0.4) is 0 Å². The number of hydrogen-bond donors (Lipinski definition) is 2. The van der Waals surface area contributed by atoms with E-state index in [1.807, 2.05) is 0 Å². The zero-order chi connectivity index (χ0) is 13.1. The van der Waals surface area contributed by atoms with Gasteiger partial charge in [-0.2, -0.15) is 18.3 Å². The number of benzene rings is 1. The van der Waals surface area contributed by atoms with Gasteiger partial charge in [-0.15, -0.1) is 0 Å². The van der Waals surface area contributed by atoms with Gasteiger partial charge in [0.1, 0.15) is 5.75 Å². The number of nitrogens with one attached hydrogen (secondary N) is 1. The molecule has 0 aliphatic heterocycles. The van der Waals surface area contributed by atoms with E-state index in [4.69, 9.17) is 16.7 Å². The first-order valence-corrected chi connectivity index (χ1v) is 4.57. The van der Waals surface area contributed by atoms with Gasteiger partial charge in [-0.05, 0) is 12.1 Å². The van der Waals surface area contributed by atoms with Crippen LogP contribution in [0.5, 0.6) is 5.75 Å². The van der Waals surface area contributed by atoms with Gasteiger partial charge in [0, 0.05) is 6.07 Å². The van der Waals surface area contributed by atoms with E-state index in [2.05, 4.69) is 10.5 Å². The topological polar surface area (TPSA) is 61.7 Å². The highest BCUT2D eigenvalue weighted by Crippen LogP contribution is 2.26. The Morgan fingerprint density at radius 3 is 2.65 bits per heavy atom.